The molecule has 3 N–H and O–H groups in total. The van der Waals surface area contributed by atoms with E-state index in [4.69, 9.17) is 4.74 Å². The first-order valence-corrected chi connectivity index (χ1v) is 8.34. The third kappa shape index (κ3) is 3.25. The quantitative estimate of drug-likeness (QED) is 0.560. The fourth-order valence-corrected chi connectivity index (χ4v) is 3.19. The van der Waals surface area contributed by atoms with Crippen LogP contribution in [0.3, 0.4) is 0 Å². The van der Waals surface area contributed by atoms with E-state index in [1.165, 1.54) is 17.2 Å². The van der Waals surface area contributed by atoms with Gasteiger partial charge < -0.3 is 14.9 Å². The average molecular weight is 396 g/mol. The maximum atomic E-state index is 13.5. The summed E-state index contributed by atoms with van der Waals surface area (Å²) < 4.78 is 47.1. The highest BCUT2D eigenvalue weighted by Crippen LogP contribution is 2.36. The Labute approximate surface area is 155 Å². The Bertz CT molecular complexity index is 943. The molecule has 3 heterocycles. The first kappa shape index (κ1) is 18.5. The number of nitrogens with one attached hydrogen (secondary N) is 1. The molecule has 1 aliphatic rings. The van der Waals surface area contributed by atoms with Crippen LogP contribution in [0, 0.1) is 17.5 Å². The molecule has 148 valence electrons. The minimum absolute atomic E-state index is 0.00491. The summed E-state index contributed by atoms with van der Waals surface area (Å²) in [6.45, 7) is -0.446. The topological polar surface area (TPSA) is 122 Å². The summed E-state index contributed by atoms with van der Waals surface area (Å²) in [5, 5.41) is 34.2. The minimum Gasteiger partial charge on any atom is -0.394 e. The molecule has 1 saturated heterocycles. The van der Waals surface area contributed by atoms with Gasteiger partial charge in [-0.15, -0.1) is 5.10 Å². The highest BCUT2D eigenvalue weighted by Gasteiger charge is 2.40. The molecule has 0 radical (unpaired) electrons. The molecule has 4 rings (SSSR count). The summed E-state index contributed by atoms with van der Waals surface area (Å²) in [7, 11) is 0. The molecular formula is C16H15F3N6O3. The van der Waals surface area contributed by atoms with Crippen molar-refractivity contribution in [2.75, 3.05) is 6.61 Å². The smallest absolute Gasteiger partial charge is 0.194 e. The molecule has 2 aromatic heterocycles. The lowest BCUT2D eigenvalue weighted by Gasteiger charge is -2.37. The minimum atomic E-state index is -1.57. The average Bonchev–Trinajstić information content (AvgIpc) is 3.38. The van der Waals surface area contributed by atoms with Crippen molar-refractivity contribution in [1.29, 1.82) is 0 Å². The standard InChI is InChI=1S/C16H15F3N6O3/c17-8-1-7(2-9(18)14(8)19)10-4-25(24-22-10)11-3-12(16-20-6-21-23-16)28-13(5-26)15(11)27/h1-2,4,6,11-13,15,26-27H,3,5H2,(H,20,21,23)/t11-,12-,13-,15-/m1/s1. The van der Waals surface area contributed by atoms with Crippen LogP contribution in [0.2, 0.25) is 0 Å². The van der Waals surface area contributed by atoms with Crippen LogP contribution in [-0.4, -0.2) is 59.2 Å². The van der Waals surface area contributed by atoms with Gasteiger partial charge in [-0.05, 0) is 12.1 Å². The maximum absolute atomic E-state index is 13.5. The van der Waals surface area contributed by atoms with E-state index in [0.29, 0.717) is 5.82 Å². The zero-order valence-corrected chi connectivity index (χ0v) is 14.2. The number of nitrogens with zero attached hydrogens (tertiary/aromatic N) is 5. The molecule has 12 heteroatoms. The second kappa shape index (κ2) is 7.30. The molecule has 0 spiro atoms. The van der Waals surface area contributed by atoms with E-state index in [0.717, 1.165) is 12.1 Å². The monoisotopic (exact) mass is 396 g/mol. The van der Waals surface area contributed by atoms with E-state index in [9.17, 15) is 23.4 Å². The largest absolute Gasteiger partial charge is 0.394 e. The fourth-order valence-electron chi connectivity index (χ4n) is 3.19. The van der Waals surface area contributed by atoms with E-state index in [-0.39, 0.29) is 17.7 Å². The van der Waals surface area contributed by atoms with Gasteiger partial charge >= 0.3 is 0 Å². The first-order valence-electron chi connectivity index (χ1n) is 8.34. The SMILES string of the molecule is OC[C@H]1O[C@@H](c2ncn[nH]2)C[C@@H](n2cc(-c3cc(F)c(F)c(F)c3)nn2)[C@H]1O. The van der Waals surface area contributed by atoms with Crippen LogP contribution >= 0.6 is 0 Å². The van der Waals surface area contributed by atoms with Crippen LogP contribution in [0.1, 0.15) is 24.4 Å². The molecule has 0 bridgehead atoms. The molecule has 0 amide bonds. The predicted molar refractivity (Wildman–Crippen MR) is 86.1 cm³/mol. The van der Waals surface area contributed by atoms with Gasteiger partial charge in [-0.25, -0.2) is 22.8 Å². The van der Waals surface area contributed by atoms with Gasteiger partial charge in [0.15, 0.2) is 23.3 Å². The van der Waals surface area contributed by atoms with Gasteiger partial charge in [0.25, 0.3) is 0 Å². The molecule has 1 aromatic carbocycles. The Morgan fingerprint density at radius 2 is 2.00 bits per heavy atom. The van der Waals surface area contributed by atoms with Gasteiger partial charge in [-0.2, -0.15) is 5.10 Å². The van der Waals surface area contributed by atoms with Gasteiger partial charge in [-0.3, -0.25) is 5.10 Å². The Hall–Kier alpha value is -2.83. The van der Waals surface area contributed by atoms with E-state index in [1.54, 1.807) is 0 Å². The van der Waals surface area contributed by atoms with E-state index in [2.05, 4.69) is 25.5 Å². The molecule has 9 nitrogen and oxygen atoms in total. The second-order valence-corrected chi connectivity index (χ2v) is 6.35. The molecule has 4 atom stereocenters. The normalized spacial score (nSPS) is 25.2. The van der Waals surface area contributed by atoms with E-state index < -0.39 is 48.4 Å². The van der Waals surface area contributed by atoms with Gasteiger partial charge in [0.2, 0.25) is 0 Å². The molecule has 1 fully saturated rings. The third-order valence-electron chi connectivity index (χ3n) is 4.62. The van der Waals surface area contributed by atoms with Crippen LogP contribution in [-0.2, 0) is 4.74 Å². The Balaban J connectivity index is 1.64. The predicted octanol–water partition coefficient (Wildman–Crippen LogP) is 0.905. The number of halogens is 3. The first-order chi connectivity index (χ1) is 13.5. The number of aromatic nitrogens is 6. The molecule has 28 heavy (non-hydrogen) atoms. The van der Waals surface area contributed by atoms with Crippen LogP contribution in [0.5, 0.6) is 0 Å². The van der Waals surface area contributed by atoms with Gasteiger partial charge in [0.1, 0.15) is 30.3 Å². The second-order valence-electron chi connectivity index (χ2n) is 6.35. The Kier molecular flexibility index (Phi) is 4.83. The summed E-state index contributed by atoms with van der Waals surface area (Å²) in [6, 6.07) is 0.944. The molecule has 0 saturated carbocycles. The van der Waals surface area contributed by atoms with Gasteiger partial charge in [-0.1, -0.05) is 5.21 Å². The lowest BCUT2D eigenvalue weighted by atomic mass is 9.95. The number of rotatable bonds is 4. The van der Waals surface area contributed by atoms with Gasteiger partial charge in [0.05, 0.1) is 18.8 Å². The molecular weight excluding hydrogens is 381 g/mol. The summed E-state index contributed by atoms with van der Waals surface area (Å²) >= 11 is 0. The van der Waals surface area contributed by atoms with Crippen LogP contribution < -0.4 is 0 Å². The van der Waals surface area contributed by atoms with Gasteiger partial charge in [0, 0.05) is 12.0 Å². The fraction of sp³-hybridized carbons (Fsp3) is 0.375. The molecule has 0 aliphatic carbocycles. The number of hydrogen-bond acceptors (Lipinski definition) is 7. The molecule has 3 aromatic rings. The van der Waals surface area contributed by atoms with Crippen molar-refractivity contribution in [3.05, 3.63) is 47.9 Å². The zero-order chi connectivity index (χ0) is 19.8. The lowest BCUT2D eigenvalue weighted by molar-refractivity contribution is -0.160. The highest BCUT2D eigenvalue weighted by molar-refractivity contribution is 5.57. The van der Waals surface area contributed by atoms with E-state index in [1.807, 2.05) is 0 Å². The zero-order valence-electron chi connectivity index (χ0n) is 14.2. The number of ether oxygens (including phenoxy) is 1. The number of aromatic amines is 1. The summed E-state index contributed by atoms with van der Waals surface area (Å²) in [4.78, 5) is 4.02. The van der Waals surface area contributed by atoms with Crippen molar-refractivity contribution in [3.8, 4) is 11.3 Å². The highest BCUT2D eigenvalue weighted by atomic mass is 19.2. The van der Waals surface area contributed by atoms with E-state index >= 15 is 0 Å². The van der Waals surface area contributed by atoms with Crippen LogP contribution in [0.25, 0.3) is 11.3 Å². The maximum Gasteiger partial charge on any atom is 0.194 e. The Morgan fingerprint density at radius 1 is 1.25 bits per heavy atom. The number of hydrogen-bond donors (Lipinski definition) is 3. The summed E-state index contributed by atoms with van der Waals surface area (Å²) in [5.74, 6) is -3.85. The number of aliphatic hydroxyl groups excluding tert-OH is 2. The van der Waals surface area contributed by atoms with Crippen molar-refractivity contribution in [2.45, 2.75) is 30.8 Å². The van der Waals surface area contributed by atoms with Crippen molar-refractivity contribution < 1.29 is 28.1 Å². The summed E-state index contributed by atoms with van der Waals surface area (Å²) in [6.07, 6.45) is 0.265. The molecule has 0 unspecified atom stereocenters. The van der Waals surface area contributed by atoms with Crippen LogP contribution in [0.15, 0.2) is 24.7 Å². The van der Waals surface area contributed by atoms with Crippen molar-refractivity contribution in [2.24, 2.45) is 0 Å². The van der Waals surface area contributed by atoms with Crippen molar-refractivity contribution in [3.63, 3.8) is 0 Å². The molecule has 1 aliphatic heterocycles. The summed E-state index contributed by atoms with van der Waals surface area (Å²) in [5.41, 5.74) is 0.0861. The number of aliphatic hydroxyl groups is 2. The van der Waals surface area contributed by atoms with Crippen molar-refractivity contribution in [1.82, 2.24) is 30.2 Å². The lowest BCUT2D eigenvalue weighted by Crippen LogP contribution is -2.45. The third-order valence-corrected chi connectivity index (χ3v) is 4.62. The number of H-pyrrole nitrogens is 1. The van der Waals surface area contributed by atoms with Crippen molar-refractivity contribution >= 4 is 0 Å². The Morgan fingerprint density at radius 3 is 2.64 bits per heavy atom. The van der Waals surface area contributed by atoms with Crippen LogP contribution in [0.4, 0.5) is 13.2 Å². The number of benzene rings is 1.